The number of hydrogen-bond donors (Lipinski definition) is 1. The number of carbonyl (C=O) groups excluding carboxylic acids is 2. The van der Waals surface area contributed by atoms with E-state index in [0.717, 1.165) is 11.1 Å². The van der Waals surface area contributed by atoms with Gasteiger partial charge < -0.3 is 10.2 Å². The number of nitrogens with one attached hydrogen (secondary N) is 1. The Bertz CT molecular complexity index is 878. The molecule has 0 aliphatic rings. The lowest BCUT2D eigenvalue weighted by Gasteiger charge is -2.33. The number of rotatable bonds is 9. The third kappa shape index (κ3) is 8.02. The van der Waals surface area contributed by atoms with Crippen LogP contribution in [0.2, 0.25) is 0 Å². The smallest absolute Gasteiger partial charge is 0.243 e. The van der Waals surface area contributed by atoms with Crippen LogP contribution < -0.4 is 5.32 Å². The molecule has 0 spiro atoms. The zero-order chi connectivity index (χ0) is 23.0. The van der Waals surface area contributed by atoms with E-state index >= 15 is 0 Å². The van der Waals surface area contributed by atoms with Gasteiger partial charge in [-0.3, -0.25) is 9.59 Å². The average Bonchev–Trinajstić information content (AvgIpc) is 2.69. The van der Waals surface area contributed by atoms with E-state index in [9.17, 15) is 14.0 Å². The molecule has 2 aromatic carbocycles. The highest BCUT2D eigenvalue weighted by Gasteiger charge is 2.30. The summed E-state index contributed by atoms with van der Waals surface area (Å²) < 4.78 is 13.9. The molecule has 0 bridgehead atoms. The molecule has 0 heterocycles. The van der Waals surface area contributed by atoms with Crippen molar-refractivity contribution in [3.8, 4) is 0 Å². The number of hydrogen-bond acceptors (Lipinski definition) is 3. The molecule has 0 radical (unpaired) electrons. The summed E-state index contributed by atoms with van der Waals surface area (Å²) in [5.74, 6) is 0.0312. The van der Waals surface area contributed by atoms with Crippen molar-refractivity contribution in [2.45, 2.75) is 64.9 Å². The fourth-order valence-corrected chi connectivity index (χ4v) is 4.11. The minimum absolute atomic E-state index is 0.127. The number of aryl methyl sites for hydroxylation is 1. The SMILES string of the molecule is CC[C@@H](C(=O)NC(C)(C)C)N(Cc1ccc(C)cc1)C(=O)CSCc1ccccc1F. The van der Waals surface area contributed by atoms with E-state index < -0.39 is 6.04 Å². The Morgan fingerprint density at radius 1 is 1.10 bits per heavy atom. The molecule has 4 nitrogen and oxygen atoms in total. The van der Waals surface area contributed by atoms with Gasteiger partial charge in [-0.25, -0.2) is 4.39 Å². The molecule has 0 unspecified atom stereocenters. The molecule has 0 aliphatic carbocycles. The van der Waals surface area contributed by atoms with Gasteiger partial charge in [0.1, 0.15) is 11.9 Å². The topological polar surface area (TPSA) is 49.4 Å². The van der Waals surface area contributed by atoms with Crippen molar-refractivity contribution in [2.75, 3.05) is 5.75 Å². The van der Waals surface area contributed by atoms with Gasteiger partial charge in [-0.15, -0.1) is 11.8 Å². The lowest BCUT2D eigenvalue weighted by molar-refractivity contribution is -0.140. The van der Waals surface area contributed by atoms with Crippen LogP contribution in [0, 0.1) is 12.7 Å². The minimum Gasteiger partial charge on any atom is -0.350 e. The van der Waals surface area contributed by atoms with E-state index in [4.69, 9.17) is 0 Å². The molecule has 0 aliphatic heterocycles. The molecule has 168 valence electrons. The summed E-state index contributed by atoms with van der Waals surface area (Å²) in [4.78, 5) is 27.8. The number of amides is 2. The largest absolute Gasteiger partial charge is 0.350 e. The van der Waals surface area contributed by atoms with Crippen LogP contribution in [0.25, 0.3) is 0 Å². The van der Waals surface area contributed by atoms with Gasteiger partial charge in [-0.2, -0.15) is 0 Å². The predicted octanol–water partition coefficient (Wildman–Crippen LogP) is 5.09. The van der Waals surface area contributed by atoms with Gasteiger partial charge in [-0.05, 0) is 51.3 Å². The highest BCUT2D eigenvalue weighted by Crippen LogP contribution is 2.19. The van der Waals surface area contributed by atoms with Crippen molar-refractivity contribution >= 4 is 23.6 Å². The molecule has 31 heavy (non-hydrogen) atoms. The van der Waals surface area contributed by atoms with Crippen LogP contribution in [-0.4, -0.2) is 34.0 Å². The predicted molar refractivity (Wildman–Crippen MR) is 126 cm³/mol. The quantitative estimate of drug-likeness (QED) is 0.586. The molecule has 0 saturated carbocycles. The Morgan fingerprint density at radius 3 is 2.32 bits per heavy atom. The Kier molecular flexibility index (Phi) is 9.11. The second-order valence-corrected chi connectivity index (χ2v) is 9.74. The number of thioether (sulfide) groups is 1. The summed E-state index contributed by atoms with van der Waals surface area (Å²) in [7, 11) is 0. The summed E-state index contributed by atoms with van der Waals surface area (Å²) in [6.07, 6.45) is 0.511. The lowest BCUT2D eigenvalue weighted by Crippen LogP contribution is -2.53. The van der Waals surface area contributed by atoms with Crippen LogP contribution >= 0.6 is 11.8 Å². The number of benzene rings is 2. The van der Waals surface area contributed by atoms with Crippen LogP contribution in [0.3, 0.4) is 0 Å². The molecule has 0 saturated heterocycles. The molecule has 2 amide bonds. The van der Waals surface area contributed by atoms with Crippen LogP contribution in [0.15, 0.2) is 48.5 Å². The highest BCUT2D eigenvalue weighted by atomic mass is 32.2. The molecule has 0 aromatic heterocycles. The molecular formula is C25H33FN2O2S. The van der Waals surface area contributed by atoms with Gasteiger partial charge in [0.2, 0.25) is 11.8 Å². The molecule has 2 aromatic rings. The Balaban J connectivity index is 2.16. The van der Waals surface area contributed by atoms with Gasteiger partial charge in [0.25, 0.3) is 0 Å². The lowest BCUT2D eigenvalue weighted by atomic mass is 10.1. The monoisotopic (exact) mass is 444 g/mol. The summed E-state index contributed by atoms with van der Waals surface area (Å²) >= 11 is 1.36. The zero-order valence-corrected chi connectivity index (χ0v) is 19.9. The molecule has 1 atom stereocenters. The van der Waals surface area contributed by atoms with Crippen molar-refractivity contribution < 1.29 is 14.0 Å². The third-order valence-corrected chi connectivity index (χ3v) is 5.76. The zero-order valence-electron chi connectivity index (χ0n) is 19.1. The van der Waals surface area contributed by atoms with Crippen LogP contribution in [-0.2, 0) is 21.9 Å². The molecule has 6 heteroatoms. The van der Waals surface area contributed by atoms with Crippen molar-refractivity contribution in [2.24, 2.45) is 0 Å². The maximum absolute atomic E-state index is 13.9. The van der Waals surface area contributed by atoms with Crippen molar-refractivity contribution in [1.29, 1.82) is 0 Å². The number of carbonyl (C=O) groups is 2. The van der Waals surface area contributed by atoms with Gasteiger partial charge in [0.05, 0.1) is 5.75 Å². The Labute approximate surface area is 189 Å². The summed E-state index contributed by atoms with van der Waals surface area (Å²) in [6.45, 7) is 10.1. The Morgan fingerprint density at radius 2 is 1.74 bits per heavy atom. The van der Waals surface area contributed by atoms with Crippen LogP contribution in [0.1, 0.15) is 50.8 Å². The molecule has 2 rings (SSSR count). The van der Waals surface area contributed by atoms with Crippen LogP contribution in [0.5, 0.6) is 0 Å². The fraction of sp³-hybridized carbons (Fsp3) is 0.440. The molecule has 0 fully saturated rings. The van der Waals surface area contributed by atoms with Crippen molar-refractivity contribution in [3.63, 3.8) is 0 Å². The van der Waals surface area contributed by atoms with Gasteiger partial charge >= 0.3 is 0 Å². The Hall–Kier alpha value is -2.34. The first kappa shape index (κ1) is 24.9. The first-order valence-corrected chi connectivity index (χ1v) is 11.7. The van der Waals surface area contributed by atoms with E-state index in [1.807, 2.05) is 58.9 Å². The standard InChI is InChI=1S/C25H33FN2O2S/c1-6-22(24(30)27-25(3,4)5)28(15-19-13-11-18(2)12-14-19)23(29)17-31-16-20-9-7-8-10-21(20)26/h7-14,22H,6,15-17H2,1-5H3,(H,27,30)/t22-/m0/s1. The summed E-state index contributed by atoms with van der Waals surface area (Å²) in [5.41, 5.74) is 2.30. The van der Waals surface area contributed by atoms with Gasteiger partial charge in [-0.1, -0.05) is 55.0 Å². The van der Waals surface area contributed by atoms with E-state index in [1.165, 1.54) is 17.8 Å². The number of nitrogens with zero attached hydrogens (tertiary/aromatic N) is 1. The van der Waals surface area contributed by atoms with E-state index in [-0.39, 0.29) is 28.9 Å². The fourth-order valence-electron chi connectivity index (χ4n) is 3.21. The van der Waals surface area contributed by atoms with E-state index in [1.54, 1.807) is 23.1 Å². The first-order chi connectivity index (χ1) is 14.6. The maximum Gasteiger partial charge on any atom is 0.243 e. The second kappa shape index (κ2) is 11.3. The van der Waals surface area contributed by atoms with Crippen LogP contribution in [0.4, 0.5) is 4.39 Å². The van der Waals surface area contributed by atoms with Crippen molar-refractivity contribution in [3.05, 3.63) is 71.0 Å². The van der Waals surface area contributed by atoms with E-state index in [0.29, 0.717) is 24.3 Å². The summed E-state index contributed by atoms with van der Waals surface area (Å²) in [5, 5.41) is 3.00. The molecular weight excluding hydrogens is 411 g/mol. The normalized spacial score (nSPS) is 12.3. The third-order valence-electron chi connectivity index (χ3n) is 4.80. The average molecular weight is 445 g/mol. The van der Waals surface area contributed by atoms with E-state index in [2.05, 4.69) is 5.32 Å². The highest BCUT2D eigenvalue weighted by molar-refractivity contribution is 7.99. The van der Waals surface area contributed by atoms with Gasteiger partial charge in [0.15, 0.2) is 0 Å². The maximum atomic E-state index is 13.9. The first-order valence-electron chi connectivity index (χ1n) is 10.6. The number of halogens is 1. The second-order valence-electron chi connectivity index (χ2n) is 8.75. The van der Waals surface area contributed by atoms with Crippen molar-refractivity contribution in [1.82, 2.24) is 10.2 Å². The minimum atomic E-state index is -0.568. The summed E-state index contributed by atoms with van der Waals surface area (Å²) in [6, 6.07) is 14.0. The molecule has 1 N–H and O–H groups in total. The van der Waals surface area contributed by atoms with Gasteiger partial charge in [0, 0.05) is 17.8 Å².